The Morgan fingerprint density at radius 1 is 1.56 bits per heavy atom. The number of hydrogen-bond donors (Lipinski definition) is 0. The Labute approximate surface area is 61.2 Å². The molecule has 0 aromatic heterocycles. The zero-order valence-electron chi connectivity index (χ0n) is 4.45. The number of methoxy groups -OCH3 is 1. The van der Waals surface area contributed by atoms with Crippen molar-refractivity contribution in [3.05, 3.63) is 10.3 Å². The third-order valence-electron chi connectivity index (χ3n) is 0.531. The number of ether oxygens (including phenoxy) is 1. The van der Waals surface area contributed by atoms with Crippen LogP contribution in [-0.2, 0) is 9.53 Å². The number of esters is 1. The van der Waals surface area contributed by atoms with E-state index >= 15 is 0 Å². The molecule has 0 N–H and O–H groups in total. The van der Waals surface area contributed by atoms with Gasteiger partial charge >= 0.3 is 5.97 Å². The summed E-state index contributed by atoms with van der Waals surface area (Å²) in [7, 11) is 1.03. The van der Waals surface area contributed by atoms with E-state index in [2.05, 4.69) is 4.74 Å². The van der Waals surface area contributed by atoms with Gasteiger partial charge < -0.3 is 4.74 Å². The fraction of sp³-hybridized carbons (Fsp3) is 0.250. The molecule has 0 radical (unpaired) electrons. The van der Waals surface area contributed by atoms with Crippen molar-refractivity contribution in [1.82, 2.24) is 0 Å². The van der Waals surface area contributed by atoms with Crippen molar-refractivity contribution in [2.24, 2.45) is 0 Å². The molecule has 9 heavy (non-hydrogen) atoms. The Bertz CT molecular complexity index is 151. The molecule has 0 saturated carbocycles. The Morgan fingerprint density at radius 3 is 2.11 bits per heavy atom. The van der Waals surface area contributed by atoms with E-state index in [4.69, 9.17) is 23.2 Å². The van der Waals surface area contributed by atoms with Gasteiger partial charge in [0.1, 0.15) is 4.49 Å². The largest absolute Gasteiger partial charge is 0.464 e. The third-order valence-corrected chi connectivity index (χ3v) is 0.862. The van der Waals surface area contributed by atoms with E-state index in [-0.39, 0.29) is 0 Å². The maximum atomic E-state index is 12.1. The van der Waals surface area contributed by atoms with Gasteiger partial charge in [0.15, 0.2) is 0 Å². The van der Waals surface area contributed by atoms with Crippen molar-refractivity contribution >= 4 is 29.2 Å². The minimum Gasteiger partial charge on any atom is -0.464 e. The molecule has 0 unspecified atom stereocenters. The van der Waals surface area contributed by atoms with Gasteiger partial charge in [0.05, 0.1) is 7.11 Å². The molecule has 52 valence electrons. The highest BCUT2D eigenvalue weighted by molar-refractivity contribution is 6.57. The monoisotopic (exact) mass is 172 g/mol. The maximum Gasteiger partial charge on any atom is 0.369 e. The third kappa shape index (κ3) is 2.67. The summed E-state index contributed by atoms with van der Waals surface area (Å²) >= 11 is 9.74. The SMILES string of the molecule is COC(=O)C(F)=C(Cl)Cl. The van der Waals surface area contributed by atoms with Crippen molar-refractivity contribution in [3.8, 4) is 0 Å². The summed E-state index contributed by atoms with van der Waals surface area (Å²) in [6.45, 7) is 0. The highest BCUT2D eigenvalue weighted by atomic mass is 35.5. The molecule has 2 nitrogen and oxygen atoms in total. The van der Waals surface area contributed by atoms with Crippen molar-refractivity contribution in [1.29, 1.82) is 0 Å². The highest BCUT2D eigenvalue weighted by Gasteiger charge is 2.11. The summed E-state index contributed by atoms with van der Waals surface area (Å²) in [5.74, 6) is -2.45. The Balaban J connectivity index is 4.21. The van der Waals surface area contributed by atoms with Gasteiger partial charge in [0, 0.05) is 0 Å². The maximum absolute atomic E-state index is 12.1. The van der Waals surface area contributed by atoms with Gasteiger partial charge in [0.25, 0.3) is 0 Å². The number of carbonyl (C=O) groups excluding carboxylic acids is 1. The molecule has 0 aliphatic carbocycles. The number of hydrogen-bond acceptors (Lipinski definition) is 2. The van der Waals surface area contributed by atoms with Gasteiger partial charge in [-0.2, -0.15) is 4.39 Å². The molecule has 0 fully saturated rings. The van der Waals surface area contributed by atoms with Crippen LogP contribution in [0.5, 0.6) is 0 Å². The van der Waals surface area contributed by atoms with E-state index in [0.29, 0.717) is 0 Å². The fourth-order valence-electron chi connectivity index (χ4n) is 0.167. The van der Waals surface area contributed by atoms with E-state index in [1.807, 2.05) is 0 Å². The van der Waals surface area contributed by atoms with Gasteiger partial charge in [0.2, 0.25) is 5.83 Å². The van der Waals surface area contributed by atoms with Crippen LogP contribution in [0.1, 0.15) is 0 Å². The minimum absolute atomic E-state index is 0.721. The van der Waals surface area contributed by atoms with Crippen LogP contribution < -0.4 is 0 Å². The van der Waals surface area contributed by atoms with Gasteiger partial charge in [-0.1, -0.05) is 23.2 Å². The molecule has 0 amide bonds. The zero-order valence-corrected chi connectivity index (χ0v) is 5.96. The molecule has 0 aromatic carbocycles. The summed E-state index contributed by atoms with van der Waals surface area (Å²) in [5.41, 5.74) is 0. The number of carbonyl (C=O) groups is 1. The van der Waals surface area contributed by atoms with Crippen LogP contribution in [0.25, 0.3) is 0 Å². The molecule has 0 aliphatic heterocycles. The molecular weight excluding hydrogens is 170 g/mol. The topological polar surface area (TPSA) is 26.3 Å². The molecule has 0 rings (SSSR count). The lowest BCUT2D eigenvalue weighted by atomic mass is 10.6. The predicted molar refractivity (Wildman–Crippen MR) is 31.9 cm³/mol. The molecule has 0 heterocycles. The van der Waals surface area contributed by atoms with Gasteiger partial charge in [-0.3, -0.25) is 0 Å². The van der Waals surface area contributed by atoms with Gasteiger partial charge in [-0.05, 0) is 0 Å². The number of rotatable bonds is 1. The van der Waals surface area contributed by atoms with Crippen molar-refractivity contribution in [3.63, 3.8) is 0 Å². The first-order valence-corrected chi connectivity index (χ1v) is 2.64. The van der Waals surface area contributed by atoms with Crippen LogP contribution >= 0.6 is 23.2 Å². The summed E-state index contributed by atoms with van der Waals surface area (Å²) in [6.07, 6.45) is 0. The lowest BCUT2D eigenvalue weighted by Crippen LogP contribution is -2.00. The second-order valence-corrected chi connectivity index (χ2v) is 2.02. The first-order chi connectivity index (χ1) is 4.09. The molecule has 0 spiro atoms. The zero-order chi connectivity index (χ0) is 7.44. The minimum atomic E-state index is -1.28. The van der Waals surface area contributed by atoms with Crippen molar-refractivity contribution in [2.75, 3.05) is 7.11 Å². The molecular formula is C4H3Cl2FO2. The van der Waals surface area contributed by atoms with Crippen LogP contribution in [0.2, 0.25) is 0 Å². The Kier molecular flexibility index (Phi) is 3.58. The highest BCUT2D eigenvalue weighted by Crippen LogP contribution is 2.15. The second kappa shape index (κ2) is 3.69. The standard InChI is InChI=1S/C4H3Cl2FO2/c1-9-4(8)2(7)3(5)6/h1H3. The molecule has 0 aromatic rings. The van der Waals surface area contributed by atoms with E-state index < -0.39 is 16.3 Å². The van der Waals surface area contributed by atoms with E-state index in [9.17, 15) is 9.18 Å². The number of halogens is 3. The average Bonchev–Trinajstić information content (AvgIpc) is 1.84. The normalized spacial score (nSPS) is 8.44. The summed E-state index contributed by atoms with van der Waals surface area (Å²) in [5, 5.41) is 0. The first kappa shape index (κ1) is 8.72. The van der Waals surface area contributed by atoms with Crippen LogP contribution in [0.15, 0.2) is 10.3 Å². The molecule has 5 heteroatoms. The molecule has 0 bridgehead atoms. The first-order valence-electron chi connectivity index (χ1n) is 1.88. The van der Waals surface area contributed by atoms with Crippen molar-refractivity contribution in [2.45, 2.75) is 0 Å². The molecule has 0 aliphatic rings. The molecule has 0 atom stereocenters. The van der Waals surface area contributed by atoms with Crippen LogP contribution in [0, 0.1) is 0 Å². The van der Waals surface area contributed by atoms with Crippen LogP contribution in [-0.4, -0.2) is 13.1 Å². The predicted octanol–water partition coefficient (Wildman–Crippen LogP) is 1.78. The summed E-state index contributed by atoms with van der Waals surface area (Å²) in [4.78, 5) is 10.1. The lowest BCUT2D eigenvalue weighted by molar-refractivity contribution is -0.137. The average molecular weight is 173 g/mol. The van der Waals surface area contributed by atoms with Gasteiger partial charge in [-0.15, -0.1) is 0 Å². The van der Waals surface area contributed by atoms with Crippen LogP contribution in [0.3, 0.4) is 0 Å². The second-order valence-electron chi connectivity index (χ2n) is 1.07. The van der Waals surface area contributed by atoms with E-state index in [1.54, 1.807) is 0 Å². The Morgan fingerprint density at radius 2 is 2.00 bits per heavy atom. The summed E-state index contributed by atoms with van der Waals surface area (Å²) in [6, 6.07) is 0. The Hall–Kier alpha value is -0.280. The van der Waals surface area contributed by atoms with Crippen molar-refractivity contribution < 1.29 is 13.9 Å². The smallest absolute Gasteiger partial charge is 0.369 e. The van der Waals surface area contributed by atoms with Gasteiger partial charge in [-0.25, -0.2) is 4.79 Å². The van der Waals surface area contributed by atoms with E-state index in [0.717, 1.165) is 7.11 Å². The van der Waals surface area contributed by atoms with Crippen LogP contribution in [0.4, 0.5) is 4.39 Å². The lowest BCUT2D eigenvalue weighted by Gasteiger charge is -1.92. The fourth-order valence-corrected chi connectivity index (χ4v) is 0.321. The van der Waals surface area contributed by atoms with E-state index in [1.165, 1.54) is 0 Å². The summed E-state index contributed by atoms with van der Waals surface area (Å²) < 4.78 is 15.3. The quantitative estimate of drug-likeness (QED) is 0.446. The molecule has 0 saturated heterocycles.